The Morgan fingerprint density at radius 2 is 2.00 bits per heavy atom. The van der Waals surface area contributed by atoms with Crippen molar-refractivity contribution in [3.05, 3.63) is 18.2 Å². The minimum Gasteiger partial charge on any atom is -0.493 e. The molecule has 1 saturated carbocycles. The average Bonchev–Trinajstić information content (AvgIpc) is 2.54. The Morgan fingerprint density at radius 3 is 2.71 bits per heavy atom. The van der Waals surface area contributed by atoms with Gasteiger partial charge in [-0.05, 0) is 24.5 Å². The molecule has 0 bridgehead atoms. The van der Waals surface area contributed by atoms with E-state index in [9.17, 15) is 0 Å². The maximum Gasteiger partial charge on any atom is 0.163 e. The van der Waals surface area contributed by atoms with Crippen LogP contribution in [0.4, 0.5) is 5.69 Å². The Labute approximate surface area is 127 Å². The maximum absolute atomic E-state index is 8.86. The summed E-state index contributed by atoms with van der Waals surface area (Å²) in [5, 5.41) is 12.3. The van der Waals surface area contributed by atoms with Crippen molar-refractivity contribution in [3.63, 3.8) is 0 Å². The molecule has 1 aromatic carbocycles. The van der Waals surface area contributed by atoms with Crippen LogP contribution in [0.5, 0.6) is 11.5 Å². The number of aliphatic hydroxyl groups is 1. The van der Waals surface area contributed by atoms with Crippen molar-refractivity contribution in [2.75, 3.05) is 32.2 Å². The Morgan fingerprint density at radius 1 is 1.19 bits per heavy atom. The third-order valence-corrected chi connectivity index (χ3v) is 4.12. The summed E-state index contributed by atoms with van der Waals surface area (Å²) in [6.45, 7) is 1.28. The SMILES string of the molecule is COc1ccc(NCCC2CCCCC2)cc1OCCO. The van der Waals surface area contributed by atoms with Gasteiger partial charge < -0.3 is 19.9 Å². The quantitative estimate of drug-likeness (QED) is 0.771. The van der Waals surface area contributed by atoms with Gasteiger partial charge in [0.05, 0.1) is 13.7 Å². The third kappa shape index (κ3) is 5.12. The van der Waals surface area contributed by atoms with Crippen LogP contribution in [0.25, 0.3) is 0 Å². The van der Waals surface area contributed by atoms with Crippen molar-refractivity contribution >= 4 is 5.69 Å². The summed E-state index contributed by atoms with van der Waals surface area (Å²) in [6.07, 6.45) is 8.20. The zero-order valence-electron chi connectivity index (χ0n) is 12.9. The lowest BCUT2D eigenvalue weighted by atomic mass is 9.87. The molecule has 1 aromatic rings. The summed E-state index contributed by atoms with van der Waals surface area (Å²) in [5.41, 5.74) is 1.04. The van der Waals surface area contributed by atoms with E-state index in [0.717, 1.165) is 18.2 Å². The standard InChI is InChI=1S/C17H27NO3/c1-20-16-8-7-15(13-17(16)21-12-11-19)18-10-9-14-5-3-2-4-6-14/h7-8,13-14,18-19H,2-6,9-12H2,1H3. The Balaban J connectivity index is 1.84. The van der Waals surface area contributed by atoms with Crippen molar-refractivity contribution in [2.45, 2.75) is 38.5 Å². The molecular formula is C17H27NO3. The lowest BCUT2D eigenvalue weighted by Gasteiger charge is -2.21. The molecule has 1 fully saturated rings. The molecule has 0 spiro atoms. The molecule has 1 aliphatic rings. The molecule has 4 nitrogen and oxygen atoms in total. The fourth-order valence-corrected chi connectivity index (χ4v) is 2.95. The van der Waals surface area contributed by atoms with Gasteiger partial charge in [-0.2, -0.15) is 0 Å². The van der Waals surface area contributed by atoms with Gasteiger partial charge >= 0.3 is 0 Å². The second-order valence-electron chi connectivity index (χ2n) is 5.66. The van der Waals surface area contributed by atoms with E-state index in [2.05, 4.69) is 5.32 Å². The second-order valence-corrected chi connectivity index (χ2v) is 5.66. The van der Waals surface area contributed by atoms with Gasteiger partial charge in [-0.25, -0.2) is 0 Å². The second kappa shape index (κ2) is 8.78. The highest BCUT2D eigenvalue weighted by atomic mass is 16.5. The fraction of sp³-hybridized carbons (Fsp3) is 0.647. The molecule has 0 unspecified atom stereocenters. The Kier molecular flexibility index (Phi) is 6.67. The summed E-state index contributed by atoms with van der Waals surface area (Å²) >= 11 is 0. The molecule has 0 amide bonds. The van der Waals surface area contributed by atoms with Crippen LogP contribution in [-0.2, 0) is 0 Å². The number of ether oxygens (including phenoxy) is 2. The number of aliphatic hydroxyl groups excluding tert-OH is 1. The van der Waals surface area contributed by atoms with Crippen molar-refractivity contribution in [2.24, 2.45) is 5.92 Å². The predicted molar refractivity (Wildman–Crippen MR) is 85.3 cm³/mol. The predicted octanol–water partition coefficient (Wildman–Crippen LogP) is 3.45. The van der Waals surface area contributed by atoms with Crippen LogP contribution in [0.1, 0.15) is 38.5 Å². The highest BCUT2D eigenvalue weighted by Crippen LogP contribution is 2.31. The van der Waals surface area contributed by atoms with Crippen LogP contribution in [0.2, 0.25) is 0 Å². The molecule has 4 heteroatoms. The van der Waals surface area contributed by atoms with Crippen molar-refractivity contribution in [1.82, 2.24) is 0 Å². The van der Waals surface area contributed by atoms with Crippen LogP contribution in [0.15, 0.2) is 18.2 Å². The molecule has 0 aliphatic heterocycles. The van der Waals surface area contributed by atoms with Crippen molar-refractivity contribution in [1.29, 1.82) is 0 Å². The zero-order chi connectivity index (χ0) is 14.9. The topological polar surface area (TPSA) is 50.7 Å². The van der Waals surface area contributed by atoms with Gasteiger partial charge in [-0.1, -0.05) is 32.1 Å². The number of methoxy groups -OCH3 is 1. The molecule has 2 rings (SSSR count). The summed E-state index contributed by atoms with van der Waals surface area (Å²) in [7, 11) is 1.62. The van der Waals surface area contributed by atoms with E-state index in [0.29, 0.717) is 11.5 Å². The number of anilines is 1. The molecule has 0 saturated heterocycles. The highest BCUT2D eigenvalue weighted by Gasteiger charge is 2.13. The fourth-order valence-electron chi connectivity index (χ4n) is 2.95. The van der Waals surface area contributed by atoms with E-state index in [4.69, 9.17) is 14.6 Å². The number of benzene rings is 1. The van der Waals surface area contributed by atoms with Crippen LogP contribution in [0.3, 0.4) is 0 Å². The van der Waals surface area contributed by atoms with Crippen LogP contribution in [-0.4, -0.2) is 32.0 Å². The largest absolute Gasteiger partial charge is 0.493 e. The first-order chi connectivity index (χ1) is 10.3. The molecule has 21 heavy (non-hydrogen) atoms. The lowest BCUT2D eigenvalue weighted by Crippen LogP contribution is -2.12. The van der Waals surface area contributed by atoms with E-state index >= 15 is 0 Å². The number of hydrogen-bond donors (Lipinski definition) is 2. The normalized spacial score (nSPS) is 15.7. The highest BCUT2D eigenvalue weighted by molar-refractivity contribution is 5.54. The Hall–Kier alpha value is -1.42. The summed E-state index contributed by atoms with van der Waals surface area (Å²) in [4.78, 5) is 0. The first kappa shape index (κ1) is 16.0. The number of rotatable bonds is 8. The minimum absolute atomic E-state index is 0.00247. The summed E-state index contributed by atoms with van der Waals surface area (Å²) in [6, 6.07) is 5.84. The van der Waals surface area contributed by atoms with E-state index < -0.39 is 0 Å². The lowest BCUT2D eigenvalue weighted by molar-refractivity contribution is 0.196. The van der Waals surface area contributed by atoms with Crippen molar-refractivity contribution < 1.29 is 14.6 Å². The smallest absolute Gasteiger partial charge is 0.163 e. The van der Waals surface area contributed by atoms with E-state index in [1.807, 2.05) is 18.2 Å². The molecule has 1 aliphatic carbocycles. The molecule has 0 radical (unpaired) electrons. The van der Waals surface area contributed by atoms with Crippen LogP contribution < -0.4 is 14.8 Å². The number of nitrogens with one attached hydrogen (secondary N) is 1. The molecule has 0 heterocycles. The van der Waals surface area contributed by atoms with Gasteiger partial charge in [0.25, 0.3) is 0 Å². The van der Waals surface area contributed by atoms with Crippen LogP contribution in [0, 0.1) is 5.92 Å². The molecule has 2 N–H and O–H groups in total. The third-order valence-electron chi connectivity index (χ3n) is 4.12. The van der Waals surface area contributed by atoms with Crippen LogP contribution >= 0.6 is 0 Å². The average molecular weight is 293 g/mol. The number of hydrogen-bond acceptors (Lipinski definition) is 4. The van der Waals surface area contributed by atoms with Gasteiger partial charge in [0, 0.05) is 18.3 Å². The van der Waals surface area contributed by atoms with Gasteiger partial charge in [0.15, 0.2) is 11.5 Å². The maximum atomic E-state index is 8.86. The van der Waals surface area contributed by atoms with Crippen molar-refractivity contribution in [3.8, 4) is 11.5 Å². The minimum atomic E-state index is 0.00247. The van der Waals surface area contributed by atoms with Gasteiger partial charge in [-0.3, -0.25) is 0 Å². The molecule has 0 aromatic heterocycles. The molecular weight excluding hydrogens is 266 g/mol. The van der Waals surface area contributed by atoms with E-state index in [1.165, 1.54) is 38.5 Å². The van der Waals surface area contributed by atoms with E-state index in [1.54, 1.807) is 7.11 Å². The van der Waals surface area contributed by atoms with Gasteiger partial charge in [0.2, 0.25) is 0 Å². The zero-order valence-corrected chi connectivity index (χ0v) is 12.9. The van der Waals surface area contributed by atoms with E-state index in [-0.39, 0.29) is 13.2 Å². The first-order valence-corrected chi connectivity index (χ1v) is 7.99. The monoisotopic (exact) mass is 293 g/mol. The molecule has 0 atom stereocenters. The molecule has 118 valence electrons. The Bertz CT molecular complexity index is 416. The van der Waals surface area contributed by atoms with Gasteiger partial charge in [-0.15, -0.1) is 0 Å². The summed E-state index contributed by atoms with van der Waals surface area (Å²) < 4.78 is 10.8. The summed E-state index contributed by atoms with van der Waals surface area (Å²) in [5.74, 6) is 2.25. The van der Waals surface area contributed by atoms with Gasteiger partial charge in [0.1, 0.15) is 6.61 Å². The first-order valence-electron chi connectivity index (χ1n) is 7.99.